The van der Waals surface area contributed by atoms with Crippen LogP contribution < -0.4 is 5.32 Å². The van der Waals surface area contributed by atoms with Crippen LogP contribution in [0.4, 0.5) is 18.9 Å². The number of thiocarbonyl (C=S) groups is 1. The third-order valence-electron chi connectivity index (χ3n) is 3.18. The number of alkyl halides is 3. The number of nitrogens with one attached hydrogen (secondary N) is 1. The SMILES string of the molecule is C[C@H]1CN(C(=S)Nc2ccccc2C(F)(F)F)C[C@H](C)O1. The Labute approximate surface area is 127 Å². The fourth-order valence-electron chi connectivity index (χ4n) is 2.38. The van der Waals surface area contributed by atoms with Crippen molar-refractivity contribution < 1.29 is 17.9 Å². The van der Waals surface area contributed by atoms with Crippen molar-refractivity contribution in [2.75, 3.05) is 18.4 Å². The van der Waals surface area contributed by atoms with E-state index in [2.05, 4.69) is 5.32 Å². The van der Waals surface area contributed by atoms with Gasteiger partial charge in [0.1, 0.15) is 0 Å². The van der Waals surface area contributed by atoms with E-state index < -0.39 is 11.7 Å². The molecule has 2 rings (SSSR count). The van der Waals surface area contributed by atoms with Gasteiger partial charge in [0.2, 0.25) is 0 Å². The van der Waals surface area contributed by atoms with Crippen LogP contribution in [0.25, 0.3) is 0 Å². The normalized spacial score (nSPS) is 23.0. The van der Waals surface area contributed by atoms with Gasteiger partial charge >= 0.3 is 6.18 Å². The van der Waals surface area contributed by atoms with Crippen molar-refractivity contribution in [3.05, 3.63) is 29.8 Å². The van der Waals surface area contributed by atoms with E-state index >= 15 is 0 Å². The summed E-state index contributed by atoms with van der Waals surface area (Å²) in [6, 6.07) is 5.32. The molecule has 1 saturated heterocycles. The van der Waals surface area contributed by atoms with Crippen molar-refractivity contribution in [1.82, 2.24) is 4.90 Å². The molecule has 1 aromatic carbocycles. The Hall–Kier alpha value is -1.34. The largest absolute Gasteiger partial charge is 0.418 e. The first-order valence-electron chi connectivity index (χ1n) is 6.65. The van der Waals surface area contributed by atoms with Crippen LogP contribution in [0.15, 0.2) is 24.3 Å². The molecular formula is C14H17F3N2OS. The number of hydrogen-bond donors (Lipinski definition) is 1. The van der Waals surface area contributed by atoms with Crippen molar-refractivity contribution in [3.63, 3.8) is 0 Å². The molecule has 1 heterocycles. The van der Waals surface area contributed by atoms with Gasteiger partial charge in [-0.15, -0.1) is 0 Å². The van der Waals surface area contributed by atoms with Crippen LogP contribution in [-0.2, 0) is 10.9 Å². The highest BCUT2D eigenvalue weighted by molar-refractivity contribution is 7.80. The minimum absolute atomic E-state index is 0.00800. The highest BCUT2D eigenvalue weighted by atomic mass is 32.1. The quantitative estimate of drug-likeness (QED) is 0.801. The number of morpholine rings is 1. The molecule has 0 bridgehead atoms. The summed E-state index contributed by atoms with van der Waals surface area (Å²) in [5, 5.41) is 3.00. The zero-order valence-electron chi connectivity index (χ0n) is 11.8. The molecule has 1 aliphatic heterocycles. The summed E-state index contributed by atoms with van der Waals surface area (Å²) in [6.07, 6.45) is -4.43. The van der Waals surface area contributed by atoms with Crippen LogP contribution in [0.5, 0.6) is 0 Å². The van der Waals surface area contributed by atoms with E-state index in [0.29, 0.717) is 13.1 Å². The number of halogens is 3. The second-order valence-electron chi connectivity index (χ2n) is 5.14. The second-order valence-corrected chi connectivity index (χ2v) is 5.52. The molecule has 0 radical (unpaired) electrons. The Bertz CT molecular complexity index is 511. The summed E-state index contributed by atoms with van der Waals surface area (Å²) in [6.45, 7) is 4.94. The Morgan fingerprint density at radius 1 is 1.24 bits per heavy atom. The van der Waals surface area contributed by atoms with Gasteiger partial charge in [0.15, 0.2) is 5.11 Å². The van der Waals surface area contributed by atoms with E-state index in [1.54, 1.807) is 6.07 Å². The van der Waals surface area contributed by atoms with Crippen LogP contribution in [-0.4, -0.2) is 35.3 Å². The van der Waals surface area contributed by atoms with E-state index in [1.807, 2.05) is 18.7 Å². The van der Waals surface area contributed by atoms with E-state index in [4.69, 9.17) is 17.0 Å². The molecule has 1 aliphatic rings. The molecule has 7 heteroatoms. The van der Waals surface area contributed by atoms with Gasteiger partial charge in [-0.2, -0.15) is 13.2 Å². The zero-order valence-corrected chi connectivity index (χ0v) is 12.6. The first-order valence-corrected chi connectivity index (χ1v) is 7.06. The van der Waals surface area contributed by atoms with Gasteiger partial charge in [-0.25, -0.2) is 0 Å². The first kappa shape index (κ1) is 16.0. The van der Waals surface area contributed by atoms with Gasteiger partial charge in [-0.3, -0.25) is 0 Å². The lowest BCUT2D eigenvalue weighted by atomic mass is 10.1. The Balaban J connectivity index is 2.13. The number of benzene rings is 1. The third kappa shape index (κ3) is 4.07. The van der Waals surface area contributed by atoms with E-state index in [9.17, 15) is 13.2 Å². The monoisotopic (exact) mass is 318 g/mol. The van der Waals surface area contributed by atoms with Gasteiger partial charge in [0.05, 0.1) is 23.5 Å². The maximum atomic E-state index is 12.9. The average molecular weight is 318 g/mol. The minimum Gasteiger partial charge on any atom is -0.372 e. The second kappa shape index (κ2) is 6.19. The Morgan fingerprint density at radius 3 is 2.38 bits per heavy atom. The summed E-state index contributed by atoms with van der Waals surface area (Å²) < 4.78 is 44.4. The summed E-state index contributed by atoms with van der Waals surface area (Å²) in [4.78, 5) is 1.83. The Morgan fingerprint density at radius 2 is 1.81 bits per heavy atom. The molecular weight excluding hydrogens is 301 g/mol. The molecule has 0 spiro atoms. The molecule has 0 saturated carbocycles. The molecule has 0 aromatic heterocycles. The first-order chi connectivity index (χ1) is 9.77. The summed E-state index contributed by atoms with van der Waals surface area (Å²) in [5.41, 5.74) is -0.747. The zero-order chi connectivity index (χ0) is 15.6. The standard InChI is InChI=1S/C14H17F3N2OS/c1-9-7-19(8-10(2)20-9)13(21)18-12-6-4-3-5-11(12)14(15,16)17/h3-6,9-10H,7-8H2,1-2H3,(H,18,21)/t9-,10-/m0/s1. The maximum absolute atomic E-state index is 12.9. The van der Waals surface area contributed by atoms with E-state index in [-0.39, 0.29) is 23.0 Å². The van der Waals surface area contributed by atoms with Crippen molar-refractivity contribution in [3.8, 4) is 0 Å². The van der Waals surface area contributed by atoms with Crippen LogP contribution in [0.2, 0.25) is 0 Å². The van der Waals surface area contributed by atoms with Crippen LogP contribution in [0, 0.1) is 0 Å². The topological polar surface area (TPSA) is 24.5 Å². The van der Waals surface area contributed by atoms with Gasteiger partial charge in [-0.1, -0.05) is 12.1 Å². The van der Waals surface area contributed by atoms with E-state index in [1.165, 1.54) is 12.1 Å². The highest BCUT2D eigenvalue weighted by Gasteiger charge is 2.34. The smallest absolute Gasteiger partial charge is 0.372 e. The molecule has 116 valence electrons. The average Bonchev–Trinajstić information content (AvgIpc) is 2.37. The molecule has 1 aromatic rings. The number of ether oxygens (including phenoxy) is 1. The number of rotatable bonds is 1. The number of nitrogens with zero attached hydrogens (tertiary/aromatic N) is 1. The Kier molecular flexibility index (Phi) is 4.73. The number of hydrogen-bond acceptors (Lipinski definition) is 2. The lowest BCUT2D eigenvalue weighted by molar-refractivity contribution is -0.136. The van der Waals surface area contributed by atoms with Crippen molar-refractivity contribution in [2.24, 2.45) is 0 Å². The molecule has 0 amide bonds. The molecule has 3 nitrogen and oxygen atoms in total. The van der Waals surface area contributed by atoms with Crippen LogP contribution in [0.3, 0.4) is 0 Å². The van der Waals surface area contributed by atoms with Crippen molar-refractivity contribution in [1.29, 1.82) is 0 Å². The summed E-state index contributed by atoms with van der Waals surface area (Å²) in [5.74, 6) is 0. The predicted octanol–water partition coefficient (Wildman–Crippen LogP) is 3.51. The molecule has 2 atom stereocenters. The minimum atomic E-state index is -4.41. The molecule has 0 unspecified atom stereocenters. The van der Waals surface area contributed by atoms with Crippen molar-refractivity contribution in [2.45, 2.75) is 32.2 Å². The highest BCUT2D eigenvalue weighted by Crippen LogP contribution is 2.34. The molecule has 1 fully saturated rings. The number of para-hydroxylation sites is 1. The predicted molar refractivity (Wildman–Crippen MR) is 79.2 cm³/mol. The van der Waals surface area contributed by atoms with Gasteiger partial charge in [0.25, 0.3) is 0 Å². The molecule has 21 heavy (non-hydrogen) atoms. The van der Waals surface area contributed by atoms with Gasteiger partial charge in [0, 0.05) is 13.1 Å². The molecule has 0 aliphatic carbocycles. The van der Waals surface area contributed by atoms with Gasteiger partial charge < -0.3 is 15.0 Å². The fraction of sp³-hybridized carbons (Fsp3) is 0.500. The fourth-order valence-corrected chi connectivity index (χ4v) is 2.64. The molecule has 1 N–H and O–H groups in total. The number of anilines is 1. The van der Waals surface area contributed by atoms with Crippen LogP contribution in [0.1, 0.15) is 19.4 Å². The van der Waals surface area contributed by atoms with Gasteiger partial charge in [-0.05, 0) is 38.2 Å². The van der Waals surface area contributed by atoms with Crippen molar-refractivity contribution >= 4 is 23.0 Å². The lowest BCUT2D eigenvalue weighted by Gasteiger charge is -2.37. The summed E-state index contributed by atoms with van der Waals surface area (Å²) in [7, 11) is 0. The maximum Gasteiger partial charge on any atom is 0.418 e. The lowest BCUT2D eigenvalue weighted by Crippen LogP contribution is -2.49. The van der Waals surface area contributed by atoms with E-state index in [0.717, 1.165) is 6.07 Å². The van der Waals surface area contributed by atoms with Crippen LogP contribution >= 0.6 is 12.2 Å². The summed E-state index contributed by atoms with van der Waals surface area (Å²) >= 11 is 5.24. The third-order valence-corrected chi connectivity index (χ3v) is 3.54.